The fourth-order valence-electron chi connectivity index (χ4n) is 5.15. The van der Waals surface area contributed by atoms with Gasteiger partial charge < -0.3 is 29.9 Å². The Morgan fingerprint density at radius 3 is 1.43 bits per heavy atom. The van der Waals surface area contributed by atoms with Crippen LogP contribution in [0.4, 0.5) is 0 Å². The minimum absolute atomic E-state index is 0.153. The fraction of sp³-hybridized carbons (Fsp3) is 0.889. The first-order valence-corrected chi connectivity index (χ1v) is 18.0. The molecule has 0 aliphatic carbocycles. The number of allylic oxidation sites excluding steroid dienone is 2. The number of unbranched alkanes of at least 4 members (excludes halogenated alkanes) is 19. The average molecular weight is 629 g/mol. The first-order chi connectivity index (χ1) is 21.4. The summed E-state index contributed by atoms with van der Waals surface area (Å²) in [6.45, 7) is 3.24. The molecule has 0 aliphatic heterocycles. The Hall–Kier alpha value is -1.48. The highest BCUT2D eigenvalue weighted by atomic mass is 16.6. The molecular formula is C36H68O8. The monoisotopic (exact) mass is 628 g/mol. The zero-order chi connectivity index (χ0) is 32.7. The summed E-state index contributed by atoms with van der Waals surface area (Å²) in [5.74, 6) is -1.03. The second-order valence-corrected chi connectivity index (χ2v) is 12.4. The molecule has 0 heterocycles. The summed E-state index contributed by atoms with van der Waals surface area (Å²) in [6, 6.07) is 0. The molecule has 260 valence electrons. The third-order valence-corrected chi connectivity index (χ3v) is 8.13. The molecule has 0 saturated carbocycles. The van der Waals surface area contributed by atoms with Gasteiger partial charge in [0.1, 0.15) is 24.9 Å². The van der Waals surface area contributed by atoms with Crippen LogP contribution in [0.1, 0.15) is 168 Å². The SMILES string of the molecule is CCCCCCCCC=CCCCCCCCC(=O)OC[C@H](OC(=O)CCCCCCCCCCC)[C@@H](O)[C@H](O)[C@H](O)CO. The van der Waals surface area contributed by atoms with Crippen LogP contribution >= 0.6 is 0 Å². The van der Waals surface area contributed by atoms with Gasteiger partial charge in [0.2, 0.25) is 0 Å². The number of hydrogen-bond donors (Lipinski definition) is 4. The van der Waals surface area contributed by atoms with Gasteiger partial charge in [0, 0.05) is 12.8 Å². The smallest absolute Gasteiger partial charge is 0.306 e. The minimum Gasteiger partial charge on any atom is -0.462 e. The van der Waals surface area contributed by atoms with E-state index in [-0.39, 0.29) is 12.8 Å². The molecule has 0 aromatic rings. The van der Waals surface area contributed by atoms with Gasteiger partial charge in [0.05, 0.1) is 6.61 Å². The van der Waals surface area contributed by atoms with Crippen LogP contribution in [0.2, 0.25) is 0 Å². The minimum atomic E-state index is -1.75. The van der Waals surface area contributed by atoms with Crippen molar-refractivity contribution in [3.05, 3.63) is 12.2 Å². The summed E-state index contributed by atoms with van der Waals surface area (Å²) in [6.07, 6.45) is 23.6. The van der Waals surface area contributed by atoms with E-state index in [1.54, 1.807) is 0 Å². The molecule has 4 N–H and O–H groups in total. The van der Waals surface area contributed by atoms with Crippen LogP contribution in [0.3, 0.4) is 0 Å². The highest BCUT2D eigenvalue weighted by molar-refractivity contribution is 5.70. The normalized spacial score (nSPS) is 14.4. The van der Waals surface area contributed by atoms with E-state index in [1.165, 1.54) is 77.0 Å². The van der Waals surface area contributed by atoms with Crippen molar-refractivity contribution in [3.63, 3.8) is 0 Å². The zero-order valence-corrected chi connectivity index (χ0v) is 28.3. The van der Waals surface area contributed by atoms with Crippen molar-refractivity contribution < 1.29 is 39.5 Å². The standard InChI is InChI=1S/C36H68O8/c1-3-5-7-9-11-13-14-15-16-17-18-20-21-23-25-27-33(39)43-30-32(36(42)35(41)31(38)29-37)44-34(40)28-26-24-22-19-12-10-8-6-4-2/h15-16,31-32,35-38,41-42H,3-14,17-30H2,1-2H3/t31-,32+,35-,36-/m1/s1. The van der Waals surface area contributed by atoms with Crippen LogP contribution < -0.4 is 0 Å². The summed E-state index contributed by atoms with van der Waals surface area (Å²) in [5, 5.41) is 39.5. The van der Waals surface area contributed by atoms with Crippen molar-refractivity contribution in [3.8, 4) is 0 Å². The molecule has 0 bridgehead atoms. The Labute approximate surface area is 269 Å². The van der Waals surface area contributed by atoms with E-state index < -0.39 is 49.6 Å². The molecule has 0 aromatic heterocycles. The predicted molar refractivity (Wildman–Crippen MR) is 177 cm³/mol. The highest BCUT2D eigenvalue weighted by Crippen LogP contribution is 2.15. The number of ether oxygens (including phenoxy) is 2. The number of esters is 2. The molecule has 0 rings (SSSR count). The van der Waals surface area contributed by atoms with Crippen LogP contribution in [0.5, 0.6) is 0 Å². The van der Waals surface area contributed by atoms with Crippen molar-refractivity contribution in [1.82, 2.24) is 0 Å². The van der Waals surface area contributed by atoms with E-state index in [1.807, 2.05) is 0 Å². The van der Waals surface area contributed by atoms with Crippen molar-refractivity contribution in [2.24, 2.45) is 0 Å². The topological polar surface area (TPSA) is 134 Å². The molecular weight excluding hydrogens is 560 g/mol. The first-order valence-electron chi connectivity index (χ1n) is 18.0. The lowest BCUT2D eigenvalue weighted by Gasteiger charge is -2.28. The molecule has 8 nitrogen and oxygen atoms in total. The number of carbonyl (C=O) groups excluding carboxylic acids is 2. The molecule has 8 heteroatoms. The Morgan fingerprint density at radius 1 is 0.568 bits per heavy atom. The summed E-state index contributed by atoms with van der Waals surface area (Å²) in [5.41, 5.74) is 0. The maximum Gasteiger partial charge on any atom is 0.306 e. The van der Waals surface area contributed by atoms with Gasteiger partial charge in [-0.1, -0.05) is 129 Å². The van der Waals surface area contributed by atoms with E-state index in [0.717, 1.165) is 51.4 Å². The Kier molecular flexibility index (Phi) is 30.4. The van der Waals surface area contributed by atoms with Gasteiger partial charge in [-0.25, -0.2) is 0 Å². The Bertz CT molecular complexity index is 683. The summed E-state index contributed by atoms with van der Waals surface area (Å²) in [7, 11) is 0. The molecule has 0 spiro atoms. The summed E-state index contributed by atoms with van der Waals surface area (Å²) < 4.78 is 10.6. The van der Waals surface area contributed by atoms with Gasteiger partial charge in [-0.15, -0.1) is 0 Å². The van der Waals surface area contributed by atoms with Gasteiger partial charge in [-0.2, -0.15) is 0 Å². The van der Waals surface area contributed by atoms with Gasteiger partial charge in [0.25, 0.3) is 0 Å². The number of rotatable bonds is 32. The second kappa shape index (κ2) is 31.5. The maximum absolute atomic E-state index is 12.4. The second-order valence-electron chi connectivity index (χ2n) is 12.4. The molecule has 0 aliphatic rings. The summed E-state index contributed by atoms with van der Waals surface area (Å²) in [4.78, 5) is 24.7. The summed E-state index contributed by atoms with van der Waals surface area (Å²) >= 11 is 0. The largest absolute Gasteiger partial charge is 0.462 e. The van der Waals surface area contributed by atoms with Crippen molar-refractivity contribution in [2.45, 2.75) is 192 Å². The number of aliphatic hydroxyl groups excluding tert-OH is 4. The lowest BCUT2D eigenvalue weighted by Crippen LogP contribution is -2.49. The number of carbonyl (C=O) groups is 2. The van der Waals surface area contributed by atoms with Gasteiger partial charge >= 0.3 is 11.9 Å². The number of aliphatic hydroxyl groups is 4. The third kappa shape index (κ3) is 25.8. The quantitative estimate of drug-likeness (QED) is 0.0342. The average Bonchev–Trinajstić information content (AvgIpc) is 3.02. The Balaban J connectivity index is 4.22. The molecule has 0 fully saturated rings. The van der Waals surface area contributed by atoms with E-state index >= 15 is 0 Å². The fourth-order valence-corrected chi connectivity index (χ4v) is 5.15. The lowest BCUT2D eigenvalue weighted by atomic mass is 10.0. The molecule has 0 saturated heterocycles. The van der Waals surface area contributed by atoms with Crippen LogP contribution in [-0.2, 0) is 19.1 Å². The maximum atomic E-state index is 12.4. The van der Waals surface area contributed by atoms with Gasteiger partial charge in [-0.3, -0.25) is 9.59 Å². The third-order valence-electron chi connectivity index (χ3n) is 8.13. The van der Waals surface area contributed by atoms with Crippen LogP contribution in [-0.4, -0.2) is 70.0 Å². The highest BCUT2D eigenvalue weighted by Gasteiger charge is 2.34. The van der Waals surface area contributed by atoms with Crippen molar-refractivity contribution in [1.29, 1.82) is 0 Å². The zero-order valence-electron chi connectivity index (χ0n) is 28.3. The molecule has 0 aromatic carbocycles. The van der Waals surface area contributed by atoms with E-state index in [9.17, 15) is 24.9 Å². The molecule has 0 amide bonds. The number of hydrogen-bond acceptors (Lipinski definition) is 8. The van der Waals surface area contributed by atoms with E-state index in [0.29, 0.717) is 12.8 Å². The van der Waals surface area contributed by atoms with E-state index in [4.69, 9.17) is 14.6 Å². The molecule has 0 radical (unpaired) electrons. The first kappa shape index (κ1) is 42.5. The van der Waals surface area contributed by atoms with Crippen LogP contribution in [0.25, 0.3) is 0 Å². The van der Waals surface area contributed by atoms with Gasteiger partial charge in [0.15, 0.2) is 6.10 Å². The van der Waals surface area contributed by atoms with Gasteiger partial charge in [-0.05, 0) is 38.5 Å². The van der Waals surface area contributed by atoms with Crippen LogP contribution in [0, 0.1) is 0 Å². The van der Waals surface area contributed by atoms with Crippen LogP contribution in [0.15, 0.2) is 12.2 Å². The van der Waals surface area contributed by atoms with E-state index in [2.05, 4.69) is 26.0 Å². The predicted octanol–water partition coefficient (Wildman–Crippen LogP) is 7.47. The van der Waals surface area contributed by atoms with Crippen molar-refractivity contribution in [2.75, 3.05) is 13.2 Å². The molecule has 44 heavy (non-hydrogen) atoms. The Morgan fingerprint density at radius 2 is 0.977 bits per heavy atom. The molecule has 4 atom stereocenters. The molecule has 0 unspecified atom stereocenters. The van der Waals surface area contributed by atoms with Crippen molar-refractivity contribution >= 4 is 11.9 Å². The lowest BCUT2D eigenvalue weighted by molar-refractivity contribution is -0.178.